The monoisotopic (exact) mass is 579 g/mol. The summed E-state index contributed by atoms with van der Waals surface area (Å²) in [6.45, 7) is 0. The summed E-state index contributed by atoms with van der Waals surface area (Å²) in [5, 5.41) is 1.70. The fraction of sp³-hybridized carbons (Fsp3) is 0.200. The summed E-state index contributed by atoms with van der Waals surface area (Å²) in [5.41, 5.74) is 2.86. The minimum absolute atomic E-state index is 0.167. The van der Waals surface area contributed by atoms with Crippen LogP contribution in [0.5, 0.6) is 0 Å². The second-order valence-electron chi connectivity index (χ2n) is 6.59. The molecule has 0 unspecified atom stereocenters. The molecule has 0 saturated carbocycles. The molecule has 0 N–H and O–H groups in total. The number of fused-ring (bicyclic) bond motifs is 4. The topological polar surface area (TPSA) is 43.1 Å². The minimum atomic E-state index is -1.55. The predicted octanol–water partition coefficient (Wildman–Crippen LogP) is 3.80. The Hall–Kier alpha value is -0.163. The summed E-state index contributed by atoms with van der Waals surface area (Å²) in [5.74, 6) is 5.48. The average Bonchev–Trinajstić information content (AvgIpc) is 3.47. The van der Waals surface area contributed by atoms with Gasteiger partial charge in [0, 0.05) is 0 Å². The van der Waals surface area contributed by atoms with Gasteiger partial charge < -0.3 is 0 Å². The van der Waals surface area contributed by atoms with E-state index < -0.39 is 24.7 Å². The van der Waals surface area contributed by atoms with E-state index in [1.54, 1.807) is 0 Å². The van der Waals surface area contributed by atoms with Crippen LogP contribution >= 0.6 is 40.1 Å². The Balaban J connectivity index is 1.73. The molecule has 9 heteroatoms. The molecule has 0 amide bonds. The second-order valence-corrected chi connectivity index (χ2v) is 29.9. The van der Waals surface area contributed by atoms with Crippen molar-refractivity contribution in [2.24, 2.45) is 0 Å². The Labute approximate surface area is 190 Å². The van der Waals surface area contributed by atoms with Gasteiger partial charge >= 0.3 is 192 Å². The molecule has 29 heavy (non-hydrogen) atoms. The maximum atomic E-state index is 13.5. The zero-order valence-electron chi connectivity index (χ0n) is 15.2. The van der Waals surface area contributed by atoms with E-state index in [0.29, 0.717) is 0 Å². The summed E-state index contributed by atoms with van der Waals surface area (Å²) in [7, 11) is 8.20. The van der Waals surface area contributed by atoms with Crippen molar-refractivity contribution in [3.63, 3.8) is 0 Å². The first-order valence-corrected chi connectivity index (χ1v) is 24.1. The number of hydrogen-bond acceptors (Lipinski definition) is 7. The van der Waals surface area contributed by atoms with E-state index in [0.717, 1.165) is 49.2 Å². The molecular formula is C20H15As2NO2S4. The van der Waals surface area contributed by atoms with Crippen LogP contribution in [0.1, 0.15) is 0 Å². The van der Waals surface area contributed by atoms with Gasteiger partial charge in [-0.1, -0.05) is 0 Å². The van der Waals surface area contributed by atoms with Crippen molar-refractivity contribution in [3.8, 4) is 11.5 Å². The molecule has 0 radical (unpaired) electrons. The average molecular weight is 579 g/mol. The van der Waals surface area contributed by atoms with Crippen molar-refractivity contribution < 1.29 is 4.42 Å². The third-order valence-corrected chi connectivity index (χ3v) is 32.1. The van der Waals surface area contributed by atoms with Gasteiger partial charge in [-0.3, -0.25) is 0 Å². The van der Waals surface area contributed by atoms with E-state index in [1.165, 1.54) is 15.9 Å². The van der Waals surface area contributed by atoms with Crippen LogP contribution in [0, 0.1) is 0 Å². The van der Waals surface area contributed by atoms with Gasteiger partial charge in [0.05, 0.1) is 0 Å². The molecule has 3 nitrogen and oxygen atoms in total. The Morgan fingerprint density at radius 3 is 2.28 bits per heavy atom. The van der Waals surface area contributed by atoms with Crippen LogP contribution in [0.25, 0.3) is 33.3 Å². The van der Waals surface area contributed by atoms with E-state index in [1.807, 2.05) is 44.3 Å². The number of hydrogen-bond donors (Lipinski definition) is 0. The van der Waals surface area contributed by atoms with Crippen molar-refractivity contribution in [1.82, 2.24) is 4.98 Å². The SMILES string of the molecule is O=c1c([As]2SCCS2)c2oc3c([As]4SCCS4)cccc3nc-2c2ccccc12. The summed E-state index contributed by atoms with van der Waals surface area (Å²) >= 11 is -2.78. The van der Waals surface area contributed by atoms with E-state index >= 15 is 0 Å². The predicted molar refractivity (Wildman–Crippen MR) is 135 cm³/mol. The van der Waals surface area contributed by atoms with Gasteiger partial charge in [-0.15, -0.1) is 0 Å². The first-order valence-electron chi connectivity index (χ1n) is 9.21. The molecule has 6 rings (SSSR count). The molecule has 0 spiro atoms. The second kappa shape index (κ2) is 8.07. The summed E-state index contributed by atoms with van der Waals surface area (Å²) in [6.07, 6.45) is 0. The molecule has 0 atom stereocenters. The van der Waals surface area contributed by atoms with Crippen molar-refractivity contribution in [3.05, 3.63) is 52.7 Å². The molecule has 2 fully saturated rings. The standard InChI is InChI=1S/C20H15As2NO2S4/c24-18-13-5-2-1-4-12(13)17-20(16(18)22-28-10-11-29-22)25-19-14(21-26-8-9-27-21)6-3-7-15(19)23-17/h1-7H,8-11H2. The molecule has 2 saturated heterocycles. The molecule has 1 aliphatic carbocycles. The van der Waals surface area contributed by atoms with Crippen LogP contribution in [0.4, 0.5) is 0 Å². The van der Waals surface area contributed by atoms with Crippen LogP contribution in [0.2, 0.25) is 0 Å². The maximum absolute atomic E-state index is 13.5. The van der Waals surface area contributed by atoms with Crippen molar-refractivity contribution in [2.45, 2.75) is 0 Å². The van der Waals surface area contributed by atoms with Gasteiger partial charge in [0.1, 0.15) is 0 Å². The van der Waals surface area contributed by atoms with Gasteiger partial charge in [0.25, 0.3) is 0 Å². The van der Waals surface area contributed by atoms with Crippen LogP contribution in [0.3, 0.4) is 0 Å². The fourth-order valence-electron chi connectivity index (χ4n) is 3.62. The van der Waals surface area contributed by atoms with Crippen LogP contribution in [0.15, 0.2) is 51.7 Å². The molecular weight excluding hydrogens is 564 g/mol. The number of aromatic nitrogens is 1. The van der Waals surface area contributed by atoms with Crippen LogP contribution in [-0.2, 0) is 0 Å². The fourth-order valence-corrected chi connectivity index (χ4v) is 32.9. The third-order valence-electron chi connectivity index (χ3n) is 4.86. The molecule has 2 aromatic rings. The number of para-hydroxylation sites is 1. The van der Waals surface area contributed by atoms with Crippen LogP contribution in [-0.4, -0.2) is 52.7 Å². The molecule has 2 aromatic carbocycles. The third kappa shape index (κ3) is 3.32. The Morgan fingerprint density at radius 1 is 0.828 bits per heavy atom. The zero-order chi connectivity index (χ0) is 19.4. The Bertz CT molecular complexity index is 1270. The van der Waals surface area contributed by atoms with Gasteiger partial charge in [0.2, 0.25) is 0 Å². The number of rotatable bonds is 2. The summed E-state index contributed by atoms with van der Waals surface area (Å²) in [6, 6.07) is 14.3. The van der Waals surface area contributed by atoms with E-state index in [2.05, 4.69) is 38.2 Å². The van der Waals surface area contributed by atoms with E-state index in [4.69, 9.17) is 9.40 Å². The molecule has 0 aromatic heterocycles. The van der Waals surface area contributed by atoms with Gasteiger partial charge in [0.15, 0.2) is 0 Å². The molecule has 0 bridgehead atoms. The van der Waals surface area contributed by atoms with Crippen molar-refractivity contribution >= 4 is 95.3 Å². The summed E-state index contributed by atoms with van der Waals surface area (Å²) < 4.78 is 8.97. The molecule has 3 heterocycles. The molecule has 4 aliphatic rings. The van der Waals surface area contributed by atoms with Crippen LogP contribution < -0.4 is 14.1 Å². The van der Waals surface area contributed by atoms with Crippen molar-refractivity contribution in [2.75, 3.05) is 23.0 Å². The van der Waals surface area contributed by atoms with E-state index in [9.17, 15) is 4.79 Å². The van der Waals surface area contributed by atoms with E-state index in [-0.39, 0.29) is 5.43 Å². The van der Waals surface area contributed by atoms with Gasteiger partial charge in [-0.25, -0.2) is 0 Å². The zero-order valence-corrected chi connectivity index (χ0v) is 22.2. The summed E-state index contributed by atoms with van der Waals surface area (Å²) in [4.78, 5) is 18.6. The number of nitrogens with zero attached hydrogens (tertiary/aromatic N) is 1. The Kier molecular flexibility index (Phi) is 5.43. The molecule has 3 aliphatic heterocycles. The normalized spacial score (nSPS) is 18.5. The quantitative estimate of drug-likeness (QED) is 0.204. The van der Waals surface area contributed by atoms with Gasteiger partial charge in [-0.2, -0.15) is 0 Å². The Morgan fingerprint density at radius 2 is 1.52 bits per heavy atom. The van der Waals surface area contributed by atoms with Crippen molar-refractivity contribution in [1.29, 1.82) is 0 Å². The van der Waals surface area contributed by atoms with Gasteiger partial charge in [-0.05, 0) is 0 Å². The molecule has 146 valence electrons. The first kappa shape index (κ1) is 19.5. The first-order chi connectivity index (χ1) is 14.3. The number of benzene rings is 3.